The summed E-state index contributed by atoms with van der Waals surface area (Å²) in [5.74, 6) is 1.04. The highest BCUT2D eigenvalue weighted by atomic mass is 79.9. The van der Waals surface area contributed by atoms with E-state index in [0.717, 1.165) is 30.3 Å². The van der Waals surface area contributed by atoms with Gasteiger partial charge in [0.15, 0.2) is 0 Å². The number of carbonyl (C=O) groups excluding carboxylic acids is 2. The van der Waals surface area contributed by atoms with E-state index in [9.17, 15) is 9.59 Å². The molecule has 162 valence electrons. The molecule has 3 atom stereocenters. The smallest absolute Gasteiger partial charge is 0.315 e. The first-order valence-corrected chi connectivity index (χ1v) is 12.1. The maximum absolute atomic E-state index is 11.8. The van der Waals surface area contributed by atoms with Crippen LogP contribution in [0.15, 0.2) is 0 Å². The Hall–Kier alpha value is -0.550. The molecule has 0 spiro atoms. The first kappa shape index (κ1) is 23.7. The van der Waals surface area contributed by atoms with Crippen molar-refractivity contribution in [3.05, 3.63) is 0 Å². The van der Waals surface area contributed by atoms with Crippen LogP contribution in [-0.4, -0.2) is 86.5 Å². The van der Waals surface area contributed by atoms with Crippen LogP contribution in [0, 0.1) is 0 Å². The van der Waals surface area contributed by atoms with E-state index in [1.165, 1.54) is 0 Å². The van der Waals surface area contributed by atoms with Gasteiger partial charge < -0.3 is 30.2 Å². The highest BCUT2D eigenvalue weighted by Crippen LogP contribution is 2.33. The van der Waals surface area contributed by atoms with Crippen molar-refractivity contribution in [3.8, 4) is 0 Å². The van der Waals surface area contributed by atoms with Crippen LogP contribution in [0.1, 0.15) is 25.7 Å². The Labute approximate surface area is 179 Å². The Morgan fingerprint density at radius 1 is 1.07 bits per heavy atom. The highest BCUT2D eigenvalue weighted by Gasteiger charge is 2.42. The first-order chi connectivity index (χ1) is 13.7. The molecule has 0 radical (unpaired) electrons. The van der Waals surface area contributed by atoms with Crippen LogP contribution in [0.5, 0.6) is 0 Å². The lowest BCUT2D eigenvalue weighted by atomic mass is 10.0. The molecule has 2 heterocycles. The van der Waals surface area contributed by atoms with E-state index in [1.54, 1.807) is 0 Å². The maximum Gasteiger partial charge on any atom is 0.315 e. The van der Waals surface area contributed by atoms with Gasteiger partial charge >= 0.3 is 6.03 Å². The van der Waals surface area contributed by atoms with Gasteiger partial charge in [0.1, 0.15) is 0 Å². The second-order valence-electron chi connectivity index (χ2n) is 6.74. The van der Waals surface area contributed by atoms with Gasteiger partial charge in [-0.05, 0) is 12.8 Å². The zero-order valence-electron chi connectivity index (χ0n) is 16.3. The van der Waals surface area contributed by atoms with Crippen molar-refractivity contribution in [2.24, 2.45) is 0 Å². The zero-order valence-corrected chi connectivity index (χ0v) is 18.7. The minimum absolute atomic E-state index is 0.0484. The van der Waals surface area contributed by atoms with Crippen LogP contribution in [-0.2, 0) is 19.0 Å². The lowest BCUT2D eigenvalue weighted by Crippen LogP contribution is -2.36. The molecule has 2 rings (SSSR count). The molecule has 0 aromatic carbocycles. The van der Waals surface area contributed by atoms with Crippen molar-refractivity contribution in [3.63, 3.8) is 0 Å². The summed E-state index contributed by atoms with van der Waals surface area (Å²) in [6.45, 7) is 3.90. The molecule has 0 saturated carbocycles. The van der Waals surface area contributed by atoms with E-state index in [4.69, 9.17) is 14.2 Å². The Bertz CT molecular complexity index is 475. The maximum atomic E-state index is 11.8. The molecular formula is C18H32BrN3O5S. The number of hydrogen-bond donors (Lipinski definition) is 3. The number of halogens is 1. The predicted octanol–water partition coefficient (Wildman–Crippen LogP) is 1.27. The highest BCUT2D eigenvalue weighted by molar-refractivity contribution is 9.09. The van der Waals surface area contributed by atoms with E-state index in [-0.39, 0.29) is 24.0 Å². The summed E-state index contributed by atoms with van der Waals surface area (Å²) in [4.78, 5) is 23.2. The van der Waals surface area contributed by atoms with E-state index in [1.807, 2.05) is 11.8 Å². The number of hydrogen-bond acceptors (Lipinski definition) is 6. The molecule has 10 heteroatoms. The molecule has 2 aliphatic rings. The third kappa shape index (κ3) is 9.30. The number of carbonyl (C=O) groups is 2. The summed E-state index contributed by atoms with van der Waals surface area (Å²) >= 11 is 5.20. The summed E-state index contributed by atoms with van der Waals surface area (Å²) in [6, 6.07) is 0.464. The molecule has 3 N–H and O–H groups in total. The number of rotatable bonds is 16. The number of unbranched alkanes of at least 4 members (excludes halogenated alkanes) is 1. The van der Waals surface area contributed by atoms with Gasteiger partial charge in [-0.15, -0.1) is 0 Å². The summed E-state index contributed by atoms with van der Waals surface area (Å²) in [5, 5.41) is 10.1. The Kier molecular flexibility index (Phi) is 12.2. The fourth-order valence-electron chi connectivity index (χ4n) is 3.22. The summed E-state index contributed by atoms with van der Waals surface area (Å²) in [5.41, 5.74) is 0. The second kappa shape index (κ2) is 14.4. The molecule has 0 aliphatic carbocycles. The van der Waals surface area contributed by atoms with Gasteiger partial charge in [-0.2, -0.15) is 11.8 Å². The molecule has 2 saturated heterocycles. The molecule has 2 fully saturated rings. The monoisotopic (exact) mass is 481 g/mol. The predicted molar refractivity (Wildman–Crippen MR) is 113 cm³/mol. The van der Waals surface area contributed by atoms with Crippen molar-refractivity contribution in [1.82, 2.24) is 16.0 Å². The number of urea groups is 1. The second-order valence-corrected chi connectivity index (χ2v) is 8.81. The molecule has 0 aromatic rings. The SMILES string of the molecule is O=C(CCCC[C@@H]1SC[C@H]2NC(=O)N[C@@H]12)NCCOCCOCCOCCBr. The van der Waals surface area contributed by atoms with Crippen LogP contribution >= 0.6 is 27.7 Å². The number of fused-ring (bicyclic) bond motifs is 1. The third-order valence-electron chi connectivity index (χ3n) is 4.61. The summed E-state index contributed by atoms with van der Waals surface area (Å²) in [7, 11) is 0. The van der Waals surface area contributed by atoms with Crippen LogP contribution in [0.2, 0.25) is 0 Å². The van der Waals surface area contributed by atoms with E-state index in [0.29, 0.717) is 57.9 Å². The van der Waals surface area contributed by atoms with E-state index >= 15 is 0 Å². The minimum Gasteiger partial charge on any atom is -0.378 e. The van der Waals surface area contributed by atoms with Gasteiger partial charge in [0.05, 0.1) is 51.7 Å². The Morgan fingerprint density at radius 2 is 1.79 bits per heavy atom. The van der Waals surface area contributed by atoms with Crippen molar-refractivity contribution < 1.29 is 23.8 Å². The molecule has 0 aromatic heterocycles. The number of thioether (sulfide) groups is 1. The average Bonchev–Trinajstić information content (AvgIpc) is 3.22. The van der Waals surface area contributed by atoms with Crippen LogP contribution in [0.3, 0.4) is 0 Å². The van der Waals surface area contributed by atoms with Gasteiger partial charge in [-0.3, -0.25) is 4.79 Å². The standard InChI is InChI=1S/C18H32BrN3O5S/c19-5-7-25-9-11-27-12-10-26-8-6-20-16(23)4-2-1-3-15-17-14(13-28-15)21-18(24)22-17/h14-15,17H,1-13H2,(H,20,23)(H2,21,22,24)/t14-,15+,17-/m1/s1. The largest absolute Gasteiger partial charge is 0.378 e. The number of alkyl halides is 1. The Morgan fingerprint density at radius 3 is 2.54 bits per heavy atom. The van der Waals surface area contributed by atoms with Gasteiger partial charge in [0.2, 0.25) is 5.91 Å². The van der Waals surface area contributed by atoms with Crippen molar-refractivity contribution in [2.75, 3.05) is 57.3 Å². The van der Waals surface area contributed by atoms with Crippen LogP contribution in [0.4, 0.5) is 4.79 Å². The van der Waals surface area contributed by atoms with Crippen molar-refractivity contribution in [2.45, 2.75) is 43.0 Å². The van der Waals surface area contributed by atoms with Gasteiger partial charge in [0, 0.05) is 29.3 Å². The van der Waals surface area contributed by atoms with Gasteiger partial charge in [-0.1, -0.05) is 22.4 Å². The normalized spacial score (nSPS) is 23.3. The minimum atomic E-state index is -0.0484. The third-order valence-corrected chi connectivity index (χ3v) is 6.45. The molecular weight excluding hydrogens is 450 g/mol. The average molecular weight is 482 g/mol. The first-order valence-electron chi connectivity index (χ1n) is 9.95. The molecule has 0 unspecified atom stereocenters. The Balaban J connectivity index is 1.34. The van der Waals surface area contributed by atoms with E-state index in [2.05, 4.69) is 31.9 Å². The van der Waals surface area contributed by atoms with E-state index < -0.39 is 0 Å². The van der Waals surface area contributed by atoms with Gasteiger partial charge in [-0.25, -0.2) is 4.79 Å². The van der Waals surface area contributed by atoms with Crippen LogP contribution in [0.25, 0.3) is 0 Å². The van der Waals surface area contributed by atoms with Crippen LogP contribution < -0.4 is 16.0 Å². The summed E-state index contributed by atoms with van der Waals surface area (Å²) in [6.07, 6.45) is 3.43. The fraction of sp³-hybridized carbons (Fsp3) is 0.889. The van der Waals surface area contributed by atoms with Gasteiger partial charge in [0.25, 0.3) is 0 Å². The topological polar surface area (TPSA) is 97.9 Å². The molecule has 0 bridgehead atoms. The zero-order chi connectivity index (χ0) is 20.0. The van der Waals surface area contributed by atoms with Crippen molar-refractivity contribution >= 4 is 39.6 Å². The molecule has 8 nitrogen and oxygen atoms in total. The number of amides is 3. The lowest BCUT2D eigenvalue weighted by Gasteiger charge is -2.16. The molecule has 28 heavy (non-hydrogen) atoms. The lowest BCUT2D eigenvalue weighted by molar-refractivity contribution is -0.121. The van der Waals surface area contributed by atoms with Crippen molar-refractivity contribution in [1.29, 1.82) is 0 Å². The molecule has 3 amide bonds. The fourth-order valence-corrected chi connectivity index (χ4v) is 4.99. The quantitative estimate of drug-likeness (QED) is 0.174. The number of nitrogens with one attached hydrogen (secondary N) is 3. The number of ether oxygens (including phenoxy) is 3. The molecule has 2 aliphatic heterocycles. The summed E-state index contributed by atoms with van der Waals surface area (Å²) < 4.78 is 16.1.